The zero-order chi connectivity index (χ0) is 14.5. The van der Waals surface area contributed by atoms with Gasteiger partial charge in [-0.1, -0.05) is 41.9 Å². The zero-order valence-corrected chi connectivity index (χ0v) is 12.8. The van der Waals surface area contributed by atoms with E-state index in [1.165, 1.54) is 5.56 Å². The molecule has 2 unspecified atom stereocenters. The van der Waals surface area contributed by atoms with Crippen molar-refractivity contribution in [2.24, 2.45) is 0 Å². The predicted molar refractivity (Wildman–Crippen MR) is 84.5 cm³/mol. The Kier molecular flexibility index (Phi) is 5.05. The molecule has 0 saturated heterocycles. The second kappa shape index (κ2) is 6.78. The summed E-state index contributed by atoms with van der Waals surface area (Å²) in [5.74, 6) is 0.843. The lowest BCUT2D eigenvalue weighted by atomic mass is 10.0. The summed E-state index contributed by atoms with van der Waals surface area (Å²) in [4.78, 5) is 0. The molecular formula is C17H20ClNO. The number of halogens is 1. The molecule has 2 rings (SSSR count). The first-order valence-electron chi connectivity index (χ1n) is 6.77. The van der Waals surface area contributed by atoms with Crippen molar-refractivity contribution in [3.05, 3.63) is 64.7 Å². The molecule has 0 heterocycles. The van der Waals surface area contributed by atoms with Gasteiger partial charge in [0.2, 0.25) is 0 Å². The van der Waals surface area contributed by atoms with Crippen LogP contribution in [0, 0.1) is 6.92 Å². The van der Waals surface area contributed by atoms with Crippen molar-refractivity contribution in [2.45, 2.75) is 26.0 Å². The van der Waals surface area contributed by atoms with Gasteiger partial charge in [-0.05, 0) is 50.2 Å². The Balaban J connectivity index is 2.13. The molecule has 2 aromatic carbocycles. The molecule has 0 aliphatic carbocycles. The summed E-state index contributed by atoms with van der Waals surface area (Å²) < 4.78 is 6.04. The number of benzene rings is 2. The second-order valence-corrected chi connectivity index (χ2v) is 5.32. The van der Waals surface area contributed by atoms with E-state index in [2.05, 4.69) is 24.4 Å². The third kappa shape index (κ3) is 3.53. The number of rotatable bonds is 5. The maximum atomic E-state index is 6.04. The summed E-state index contributed by atoms with van der Waals surface area (Å²) in [5.41, 5.74) is 2.24. The lowest BCUT2D eigenvalue weighted by Crippen LogP contribution is -2.31. The highest BCUT2D eigenvalue weighted by molar-refractivity contribution is 6.31. The molecule has 0 radical (unpaired) electrons. The van der Waals surface area contributed by atoms with Gasteiger partial charge in [-0.15, -0.1) is 0 Å². The predicted octanol–water partition coefficient (Wildman–Crippen LogP) is 4.38. The smallest absolute Gasteiger partial charge is 0.120 e. The topological polar surface area (TPSA) is 21.3 Å². The highest BCUT2D eigenvalue weighted by Gasteiger charge is 2.19. The molecule has 1 N–H and O–H groups in total. The Morgan fingerprint density at radius 3 is 2.40 bits per heavy atom. The molecule has 0 aliphatic heterocycles. The Morgan fingerprint density at radius 1 is 1.10 bits per heavy atom. The quantitative estimate of drug-likeness (QED) is 0.882. The van der Waals surface area contributed by atoms with E-state index in [4.69, 9.17) is 16.3 Å². The van der Waals surface area contributed by atoms with Gasteiger partial charge in [-0.3, -0.25) is 0 Å². The van der Waals surface area contributed by atoms with Crippen molar-refractivity contribution in [2.75, 3.05) is 7.05 Å². The second-order valence-electron chi connectivity index (χ2n) is 4.91. The van der Waals surface area contributed by atoms with Crippen molar-refractivity contribution >= 4 is 11.6 Å². The van der Waals surface area contributed by atoms with Crippen molar-refractivity contribution in [1.82, 2.24) is 5.32 Å². The average molecular weight is 290 g/mol. The van der Waals surface area contributed by atoms with Crippen LogP contribution < -0.4 is 10.1 Å². The number of hydrogen-bond donors (Lipinski definition) is 1. The first-order chi connectivity index (χ1) is 9.61. The van der Waals surface area contributed by atoms with Gasteiger partial charge in [0, 0.05) is 5.02 Å². The van der Waals surface area contributed by atoms with Crippen LogP contribution in [0.15, 0.2) is 48.5 Å². The molecule has 20 heavy (non-hydrogen) atoms. The maximum Gasteiger partial charge on any atom is 0.120 e. The Labute approximate surface area is 125 Å². The Hall–Kier alpha value is -1.51. The van der Waals surface area contributed by atoms with Crippen LogP contribution in [-0.4, -0.2) is 13.2 Å². The van der Waals surface area contributed by atoms with Crippen LogP contribution in [0.3, 0.4) is 0 Å². The lowest BCUT2D eigenvalue weighted by molar-refractivity contribution is 0.175. The first-order valence-corrected chi connectivity index (χ1v) is 7.14. The number of ether oxygens (including phenoxy) is 1. The zero-order valence-electron chi connectivity index (χ0n) is 12.1. The first kappa shape index (κ1) is 14.9. The molecule has 3 heteroatoms. The van der Waals surface area contributed by atoms with Gasteiger partial charge in [-0.25, -0.2) is 0 Å². The van der Waals surface area contributed by atoms with Gasteiger partial charge < -0.3 is 10.1 Å². The minimum absolute atomic E-state index is 0.0166. The Bertz CT molecular complexity index is 556. The fraction of sp³-hybridized carbons (Fsp3) is 0.294. The van der Waals surface area contributed by atoms with Gasteiger partial charge in [0.1, 0.15) is 11.9 Å². The molecule has 2 atom stereocenters. The molecule has 0 spiro atoms. The van der Waals surface area contributed by atoms with Gasteiger partial charge in [0.25, 0.3) is 0 Å². The van der Waals surface area contributed by atoms with Crippen LogP contribution in [0.5, 0.6) is 5.75 Å². The summed E-state index contributed by atoms with van der Waals surface area (Å²) in [6.45, 7) is 4.05. The minimum Gasteiger partial charge on any atom is -0.489 e. The van der Waals surface area contributed by atoms with Crippen LogP contribution in [0.2, 0.25) is 5.02 Å². The number of aryl methyl sites for hydroxylation is 1. The number of hydrogen-bond acceptors (Lipinski definition) is 2. The number of nitrogens with one attached hydrogen (secondary N) is 1. The lowest BCUT2D eigenvalue weighted by Gasteiger charge is -2.25. The normalized spacial score (nSPS) is 13.8. The van der Waals surface area contributed by atoms with Crippen LogP contribution >= 0.6 is 11.6 Å². The van der Waals surface area contributed by atoms with Gasteiger partial charge in [0.15, 0.2) is 0 Å². The molecule has 0 fully saturated rings. The summed E-state index contributed by atoms with van der Waals surface area (Å²) in [6, 6.07) is 16.2. The standard InChI is InChI=1S/C17H20ClNO/c1-12-11-15(9-10-16(12)18)20-13(2)17(19-3)14-7-5-4-6-8-14/h4-11,13,17,19H,1-3H3. The summed E-state index contributed by atoms with van der Waals surface area (Å²) in [7, 11) is 1.95. The van der Waals surface area contributed by atoms with E-state index in [0.717, 1.165) is 16.3 Å². The van der Waals surface area contributed by atoms with E-state index in [0.29, 0.717) is 0 Å². The van der Waals surface area contributed by atoms with Crippen molar-refractivity contribution in [1.29, 1.82) is 0 Å². The summed E-state index contributed by atoms with van der Waals surface area (Å²) in [5, 5.41) is 4.08. The van der Waals surface area contributed by atoms with E-state index in [-0.39, 0.29) is 12.1 Å². The molecule has 0 aromatic heterocycles. The maximum absolute atomic E-state index is 6.04. The van der Waals surface area contributed by atoms with E-state index in [1.807, 2.05) is 50.4 Å². The van der Waals surface area contributed by atoms with E-state index in [1.54, 1.807) is 0 Å². The monoisotopic (exact) mass is 289 g/mol. The molecule has 2 nitrogen and oxygen atoms in total. The summed E-state index contributed by atoms with van der Waals surface area (Å²) in [6.07, 6.45) is 0.0166. The fourth-order valence-electron chi connectivity index (χ4n) is 2.31. The molecule has 0 saturated carbocycles. The number of likely N-dealkylation sites (N-methyl/N-ethyl adjacent to an activating group) is 1. The van der Waals surface area contributed by atoms with E-state index < -0.39 is 0 Å². The fourth-order valence-corrected chi connectivity index (χ4v) is 2.42. The molecule has 2 aromatic rings. The van der Waals surface area contributed by atoms with Crippen molar-refractivity contribution < 1.29 is 4.74 Å². The van der Waals surface area contributed by atoms with Crippen LogP contribution in [0.4, 0.5) is 0 Å². The van der Waals surface area contributed by atoms with Crippen LogP contribution in [0.25, 0.3) is 0 Å². The van der Waals surface area contributed by atoms with Crippen LogP contribution in [-0.2, 0) is 0 Å². The molecule has 0 bridgehead atoms. The van der Waals surface area contributed by atoms with Crippen molar-refractivity contribution in [3.8, 4) is 5.75 Å². The highest BCUT2D eigenvalue weighted by atomic mass is 35.5. The van der Waals surface area contributed by atoms with Crippen LogP contribution in [0.1, 0.15) is 24.1 Å². The van der Waals surface area contributed by atoms with E-state index in [9.17, 15) is 0 Å². The SMILES string of the molecule is CNC(c1ccccc1)C(C)Oc1ccc(Cl)c(C)c1. The largest absolute Gasteiger partial charge is 0.489 e. The third-order valence-corrected chi connectivity index (χ3v) is 3.81. The van der Waals surface area contributed by atoms with E-state index >= 15 is 0 Å². The summed E-state index contributed by atoms with van der Waals surface area (Å²) >= 11 is 6.04. The Morgan fingerprint density at radius 2 is 1.80 bits per heavy atom. The molecular weight excluding hydrogens is 270 g/mol. The van der Waals surface area contributed by atoms with Gasteiger partial charge in [0.05, 0.1) is 6.04 Å². The van der Waals surface area contributed by atoms with Gasteiger partial charge >= 0.3 is 0 Å². The highest BCUT2D eigenvalue weighted by Crippen LogP contribution is 2.25. The molecule has 106 valence electrons. The van der Waals surface area contributed by atoms with Crippen molar-refractivity contribution in [3.63, 3.8) is 0 Å². The van der Waals surface area contributed by atoms with Gasteiger partial charge in [-0.2, -0.15) is 0 Å². The third-order valence-electron chi connectivity index (χ3n) is 3.39. The molecule has 0 aliphatic rings. The minimum atomic E-state index is 0.0166. The molecule has 0 amide bonds. The average Bonchev–Trinajstić information content (AvgIpc) is 2.45.